The number of likely N-dealkylation sites (tertiary alicyclic amines) is 1. The molecule has 0 saturated carbocycles. The Morgan fingerprint density at radius 2 is 1.50 bits per heavy atom. The first-order valence-corrected chi connectivity index (χ1v) is 7.70. The predicted octanol–water partition coefficient (Wildman–Crippen LogP) is 1.59. The van der Waals surface area contributed by atoms with Gasteiger partial charge in [-0.25, -0.2) is 0 Å². The Morgan fingerprint density at radius 3 is 2.00 bits per heavy atom. The van der Waals surface area contributed by atoms with E-state index < -0.39 is 0 Å². The zero-order valence-electron chi connectivity index (χ0n) is 13.3. The van der Waals surface area contributed by atoms with Crippen LogP contribution in [0, 0.1) is 11.8 Å². The van der Waals surface area contributed by atoms with Crippen LogP contribution in [0.15, 0.2) is 0 Å². The summed E-state index contributed by atoms with van der Waals surface area (Å²) >= 11 is 0. The molecule has 5 heteroatoms. The van der Waals surface area contributed by atoms with Crippen LogP contribution in [0.1, 0.15) is 34.1 Å². The second-order valence-corrected chi connectivity index (χ2v) is 6.91. The lowest BCUT2D eigenvalue weighted by Gasteiger charge is -2.39. The molecule has 2 heterocycles. The number of piperazine rings is 1. The molecule has 0 bridgehead atoms. The first-order valence-electron chi connectivity index (χ1n) is 7.70. The maximum absolute atomic E-state index is 12.4. The monoisotopic (exact) mass is 303 g/mol. The van der Waals surface area contributed by atoms with Crippen molar-refractivity contribution < 1.29 is 4.79 Å². The minimum Gasteiger partial charge on any atom is -0.341 e. The largest absolute Gasteiger partial charge is 0.341 e. The Balaban J connectivity index is 0.00000200. The summed E-state index contributed by atoms with van der Waals surface area (Å²) in [6, 6.07) is 0.964. The normalized spacial score (nSPS) is 35.5. The van der Waals surface area contributed by atoms with Gasteiger partial charge in [0.15, 0.2) is 0 Å². The maximum Gasteiger partial charge on any atom is 0.236 e. The van der Waals surface area contributed by atoms with Crippen molar-refractivity contribution >= 4 is 18.3 Å². The molecule has 0 aromatic heterocycles. The van der Waals surface area contributed by atoms with Crippen molar-refractivity contribution in [2.45, 2.75) is 46.2 Å². The highest BCUT2D eigenvalue weighted by molar-refractivity contribution is 5.85. The van der Waals surface area contributed by atoms with Gasteiger partial charge in [-0.05, 0) is 32.1 Å². The van der Waals surface area contributed by atoms with Gasteiger partial charge in [-0.1, -0.05) is 13.8 Å². The van der Waals surface area contributed by atoms with E-state index in [2.05, 4.69) is 42.8 Å². The molecular weight excluding hydrogens is 274 g/mol. The highest BCUT2D eigenvalue weighted by Gasteiger charge is 2.28. The average Bonchev–Trinajstić information content (AvgIpc) is 2.25. The molecule has 2 fully saturated rings. The number of amides is 1. The number of rotatable bonds is 2. The van der Waals surface area contributed by atoms with Crippen LogP contribution in [0.25, 0.3) is 0 Å². The zero-order chi connectivity index (χ0) is 14.0. The number of nitrogens with zero attached hydrogens (tertiary/aromatic N) is 2. The van der Waals surface area contributed by atoms with Gasteiger partial charge in [0.25, 0.3) is 0 Å². The number of hydrogen-bond donors (Lipinski definition) is 1. The summed E-state index contributed by atoms with van der Waals surface area (Å²) in [6.45, 7) is 13.3. The Labute approximate surface area is 129 Å². The van der Waals surface area contributed by atoms with Crippen LogP contribution in [0.4, 0.5) is 0 Å². The Morgan fingerprint density at radius 1 is 1.00 bits per heavy atom. The third-order valence-electron chi connectivity index (χ3n) is 4.21. The zero-order valence-corrected chi connectivity index (χ0v) is 14.1. The van der Waals surface area contributed by atoms with Gasteiger partial charge in [0.05, 0.1) is 6.54 Å². The van der Waals surface area contributed by atoms with E-state index in [-0.39, 0.29) is 12.4 Å². The van der Waals surface area contributed by atoms with E-state index in [1.165, 1.54) is 6.42 Å². The number of carbonyl (C=O) groups is 1. The lowest BCUT2D eigenvalue weighted by atomic mass is 9.92. The highest BCUT2D eigenvalue weighted by atomic mass is 35.5. The van der Waals surface area contributed by atoms with Gasteiger partial charge in [-0.2, -0.15) is 0 Å². The third-order valence-corrected chi connectivity index (χ3v) is 4.21. The van der Waals surface area contributed by atoms with Crippen molar-refractivity contribution in [3.63, 3.8) is 0 Å². The summed E-state index contributed by atoms with van der Waals surface area (Å²) in [7, 11) is 0. The van der Waals surface area contributed by atoms with Gasteiger partial charge in [0, 0.05) is 38.3 Å². The molecule has 0 spiro atoms. The van der Waals surface area contributed by atoms with Gasteiger partial charge in [0.2, 0.25) is 5.91 Å². The second-order valence-electron chi connectivity index (χ2n) is 6.91. The molecule has 4 unspecified atom stereocenters. The molecule has 0 aliphatic carbocycles. The van der Waals surface area contributed by atoms with E-state index in [0.717, 1.165) is 26.2 Å². The number of piperidine rings is 1. The number of carbonyl (C=O) groups excluding carboxylic acids is 1. The van der Waals surface area contributed by atoms with Gasteiger partial charge in [0.1, 0.15) is 0 Å². The van der Waals surface area contributed by atoms with E-state index in [1.54, 1.807) is 0 Å². The molecule has 1 amide bonds. The van der Waals surface area contributed by atoms with E-state index >= 15 is 0 Å². The fourth-order valence-corrected chi connectivity index (χ4v) is 3.73. The van der Waals surface area contributed by atoms with Gasteiger partial charge < -0.3 is 10.2 Å². The van der Waals surface area contributed by atoms with Crippen LogP contribution in [0.2, 0.25) is 0 Å². The van der Waals surface area contributed by atoms with E-state index in [4.69, 9.17) is 0 Å². The van der Waals surface area contributed by atoms with Crippen molar-refractivity contribution in [1.29, 1.82) is 0 Å². The standard InChI is InChI=1S/C15H29N3O.ClH/c1-11-5-12(2)7-18(6-11)15(19)10-17-8-13(3)16-14(4)9-17;/h11-14,16H,5-10H2,1-4H3;1H. The smallest absolute Gasteiger partial charge is 0.236 e. The molecule has 1 N–H and O–H groups in total. The summed E-state index contributed by atoms with van der Waals surface area (Å²) in [5.74, 6) is 1.61. The summed E-state index contributed by atoms with van der Waals surface area (Å²) < 4.78 is 0. The quantitative estimate of drug-likeness (QED) is 0.841. The SMILES string of the molecule is CC1CC(C)CN(C(=O)CN2CC(C)NC(C)C2)C1.Cl. The Hall–Kier alpha value is -0.320. The molecule has 4 nitrogen and oxygen atoms in total. The Bertz CT molecular complexity index is 306. The molecule has 2 aliphatic rings. The van der Waals surface area contributed by atoms with Crippen molar-refractivity contribution in [2.24, 2.45) is 11.8 Å². The number of hydrogen-bond acceptors (Lipinski definition) is 3. The van der Waals surface area contributed by atoms with Crippen molar-refractivity contribution in [3.05, 3.63) is 0 Å². The van der Waals surface area contributed by atoms with Crippen molar-refractivity contribution in [1.82, 2.24) is 15.1 Å². The van der Waals surface area contributed by atoms with Crippen LogP contribution < -0.4 is 5.32 Å². The molecule has 2 aliphatic heterocycles. The van der Waals surface area contributed by atoms with E-state index in [0.29, 0.717) is 36.4 Å². The van der Waals surface area contributed by atoms with Crippen LogP contribution in [0.3, 0.4) is 0 Å². The molecule has 2 rings (SSSR count). The van der Waals surface area contributed by atoms with Gasteiger partial charge in [-0.15, -0.1) is 12.4 Å². The minimum atomic E-state index is 0. The highest BCUT2D eigenvalue weighted by Crippen LogP contribution is 2.21. The predicted molar refractivity (Wildman–Crippen MR) is 85.3 cm³/mol. The molecule has 118 valence electrons. The summed E-state index contributed by atoms with van der Waals surface area (Å²) in [4.78, 5) is 16.8. The molecular formula is C15H30ClN3O. The Kier molecular flexibility index (Phi) is 6.76. The van der Waals surface area contributed by atoms with Crippen molar-refractivity contribution in [3.8, 4) is 0 Å². The fourth-order valence-electron chi connectivity index (χ4n) is 3.73. The van der Waals surface area contributed by atoms with Crippen LogP contribution in [0.5, 0.6) is 0 Å². The van der Waals surface area contributed by atoms with Crippen LogP contribution >= 0.6 is 12.4 Å². The fraction of sp³-hybridized carbons (Fsp3) is 0.933. The first kappa shape index (κ1) is 17.7. The third kappa shape index (κ3) is 4.90. The van der Waals surface area contributed by atoms with Crippen LogP contribution in [-0.4, -0.2) is 60.5 Å². The minimum absolute atomic E-state index is 0. The second kappa shape index (κ2) is 7.62. The van der Waals surface area contributed by atoms with Gasteiger partial charge in [-0.3, -0.25) is 9.69 Å². The maximum atomic E-state index is 12.4. The molecule has 0 aromatic carbocycles. The van der Waals surface area contributed by atoms with Gasteiger partial charge >= 0.3 is 0 Å². The summed E-state index contributed by atoms with van der Waals surface area (Å²) in [6.07, 6.45) is 1.26. The molecule has 0 aromatic rings. The lowest BCUT2D eigenvalue weighted by molar-refractivity contribution is -0.135. The van der Waals surface area contributed by atoms with E-state index in [1.807, 2.05) is 0 Å². The number of halogens is 1. The molecule has 4 atom stereocenters. The number of nitrogens with one attached hydrogen (secondary N) is 1. The molecule has 0 radical (unpaired) electrons. The summed E-state index contributed by atoms with van der Waals surface area (Å²) in [5.41, 5.74) is 0. The molecule has 2 saturated heterocycles. The van der Waals surface area contributed by atoms with Crippen LogP contribution in [-0.2, 0) is 4.79 Å². The topological polar surface area (TPSA) is 35.6 Å². The molecule has 20 heavy (non-hydrogen) atoms. The summed E-state index contributed by atoms with van der Waals surface area (Å²) in [5, 5.41) is 3.51. The lowest BCUT2D eigenvalue weighted by Crippen LogP contribution is -2.57. The van der Waals surface area contributed by atoms with Crippen molar-refractivity contribution in [2.75, 3.05) is 32.7 Å². The first-order chi connectivity index (χ1) is 8.94. The average molecular weight is 304 g/mol. The van der Waals surface area contributed by atoms with E-state index in [9.17, 15) is 4.79 Å².